The minimum absolute atomic E-state index is 0.113. The third-order valence-electron chi connectivity index (χ3n) is 3.31. The van der Waals surface area contributed by atoms with E-state index in [0.29, 0.717) is 6.61 Å². The molecule has 3 rings (SSSR count). The van der Waals surface area contributed by atoms with Gasteiger partial charge in [-0.2, -0.15) is 0 Å². The van der Waals surface area contributed by atoms with Crippen LogP contribution in [0, 0.1) is 0 Å². The van der Waals surface area contributed by atoms with Gasteiger partial charge in [0.2, 0.25) is 0 Å². The predicted octanol–water partition coefficient (Wildman–Crippen LogP) is -0.156. The monoisotopic (exact) mass is 248 g/mol. The number of H-pyrrole nitrogens is 2. The summed E-state index contributed by atoms with van der Waals surface area (Å²) < 4.78 is 5.41. The van der Waals surface area contributed by atoms with Gasteiger partial charge in [0.1, 0.15) is 0 Å². The molecule has 5 N–H and O–H groups in total. The van der Waals surface area contributed by atoms with Crippen LogP contribution >= 0.6 is 0 Å². The summed E-state index contributed by atoms with van der Waals surface area (Å²) >= 11 is 0. The van der Waals surface area contributed by atoms with Crippen LogP contribution in [0.5, 0.6) is 0 Å². The van der Waals surface area contributed by atoms with Gasteiger partial charge in [-0.25, -0.2) is 4.79 Å². The van der Waals surface area contributed by atoms with Gasteiger partial charge in [-0.3, -0.25) is 0 Å². The summed E-state index contributed by atoms with van der Waals surface area (Å²) in [7, 11) is 0. The molecule has 6 nitrogen and oxygen atoms in total. The molecule has 2 unspecified atom stereocenters. The number of aromatic nitrogens is 2. The number of aromatic amines is 2. The lowest BCUT2D eigenvalue weighted by Crippen LogP contribution is -2.47. The van der Waals surface area contributed by atoms with E-state index in [1.807, 2.05) is 18.2 Å². The van der Waals surface area contributed by atoms with Crippen molar-refractivity contribution >= 4 is 11.0 Å². The molecule has 6 heteroatoms. The van der Waals surface area contributed by atoms with Gasteiger partial charge in [-0.05, 0) is 17.7 Å². The van der Waals surface area contributed by atoms with Gasteiger partial charge in [-0.1, -0.05) is 6.07 Å². The van der Waals surface area contributed by atoms with Crippen LogP contribution < -0.4 is 16.7 Å². The molecule has 18 heavy (non-hydrogen) atoms. The van der Waals surface area contributed by atoms with Crippen molar-refractivity contribution in [3.05, 3.63) is 34.2 Å². The summed E-state index contributed by atoms with van der Waals surface area (Å²) in [5, 5.41) is 3.34. The fourth-order valence-corrected chi connectivity index (χ4v) is 2.31. The fraction of sp³-hybridized carbons (Fsp3) is 0.417. The summed E-state index contributed by atoms with van der Waals surface area (Å²) in [5.74, 6) is 0. The van der Waals surface area contributed by atoms with E-state index in [2.05, 4.69) is 15.3 Å². The first-order valence-electron chi connectivity index (χ1n) is 6.03. The largest absolute Gasteiger partial charge is 0.378 e. The van der Waals surface area contributed by atoms with Gasteiger partial charge in [0.25, 0.3) is 0 Å². The molecule has 1 aliphatic heterocycles. The number of fused-ring (bicyclic) bond motifs is 1. The molecule has 0 amide bonds. The predicted molar refractivity (Wildman–Crippen MR) is 68.5 cm³/mol. The minimum atomic E-state index is -0.199. The highest BCUT2D eigenvalue weighted by Gasteiger charge is 2.22. The second-order valence-electron chi connectivity index (χ2n) is 4.55. The molecule has 1 aromatic carbocycles. The minimum Gasteiger partial charge on any atom is -0.378 e. The summed E-state index contributed by atoms with van der Waals surface area (Å²) in [6, 6.07) is 5.68. The number of hydrogen-bond acceptors (Lipinski definition) is 4. The lowest BCUT2D eigenvalue weighted by molar-refractivity contribution is 0.0685. The highest BCUT2D eigenvalue weighted by Crippen LogP contribution is 2.19. The molecular weight excluding hydrogens is 232 g/mol. The Balaban J connectivity index is 1.90. The van der Waals surface area contributed by atoms with E-state index < -0.39 is 0 Å². The van der Waals surface area contributed by atoms with Gasteiger partial charge >= 0.3 is 5.69 Å². The number of benzene rings is 1. The van der Waals surface area contributed by atoms with Crippen molar-refractivity contribution in [3.63, 3.8) is 0 Å². The van der Waals surface area contributed by atoms with E-state index in [4.69, 9.17) is 10.5 Å². The van der Waals surface area contributed by atoms with E-state index in [1.165, 1.54) is 0 Å². The number of nitrogens with two attached hydrogens (primary N) is 1. The Morgan fingerprint density at radius 3 is 2.94 bits per heavy atom. The standard InChI is InChI=1S/C12H16N4O2/c13-11(10-6-18-4-3-14-10)7-1-2-8-9(5-7)16-12(17)15-8/h1-2,5,10-11,14H,3-4,6,13H2,(H2,15,16,17). The van der Waals surface area contributed by atoms with E-state index >= 15 is 0 Å². The number of ether oxygens (including phenoxy) is 1. The summed E-state index contributed by atoms with van der Waals surface area (Å²) in [5.41, 5.74) is 8.59. The molecule has 1 aliphatic rings. The van der Waals surface area contributed by atoms with Crippen LogP contribution in [0.3, 0.4) is 0 Å². The van der Waals surface area contributed by atoms with Crippen LogP contribution in [0.2, 0.25) is 0 Å². The van der Waals surface area contributed by atoms with E-state index in [1.54, 1.807) is 0 Å². The zero-order chi connectivity index (χ0) is 12.5. The Morgan fingerprint density at radius 2 is 2.17 bits per heavy atom. The molecule has 0 saturated carbocycles. The maximum atomic E-state index is 11.2. The number of imidazole rings is 1. The Labute approximate surface area is 104 Å². The van der Waals surface area contributed by atoms with E-state index in [-0.39, 0.29) is 17.8 Å². The Hall–Kier alpha value is -1.63. The third kappa shape index (κ3) is 2.05. The SMILES string of the molecule is NC(c1ccc2[nH]c(=O)[nH]c2c1)C1COCCN1. The normalized spacial score (nSPS) is 22.2. The zero-order valence-corrected chi connectivity index (χ0v) is 9.90. The second kappa shape index (κ2) is 4.56. The molecule has 0 radical (unpaired) electrons. The molecule has 2 atom stereocenters. The fourth-order valence-electron chi connectivity index (χ4n) is 2.31. The lowest BCUT2D eigenvalue weighted by Gasteiger charge is -2.29. The number of rotatable bonds is 2. The average molecular weight is 248 g/mol. The van der Waals surface area contributed by atoms with Crippen LogP contribution in [0.1, 0.15) is 11.6 Å². The summed E-state index contributed by atoms with van der Waals surface area (Å²) in [6.45, 7) is 2.16. The molecule has 96 valence electrons. The van der Waals surface area contributed by atoms with Crippen molar-refractivity contribution in [1.82, 2.24) is 15.3 Å². The molecule has 0 aliphatic carbocycles. The van der Waals surface area contributed by atoms with Gasteiger partial charge in [0, 0.05) is 18.6 Å². The highest BCUT2D eigenvalue weighted by atomic mass is 16.5. The smallest absolute Gasteiger partial charge is 0.323 e. The first-order chi connectivity index (χ1) is 8.74. The van der Waals surface area contributed by atoms with Gasteiger partial charge in [-0.15, -0.1) is 0 Å². The first kappa shape index (κ1) is 11.5. The van der Waals surface area contributed by atoms with Crippen LogP contribution in [0.15, 0.2) is 23.0 Å². The van der Waals surface area contributed by atoms with Crippen LogP contribution in [0.4, 0.5) is 0 Å². The van der Waals surface area contributed by atoms with Gasteiger partial charge in [0.05, 0.1) is 24.2 Å². The van der Waals surface area contributed by atoms with Gasteiger partial charge < -0.3 is 25.8 Å². The van der Waals surface area contributed by atoms with Crippen molar-refractivity contribution in [3.8, 4) is 0 Å². The Bertz CT molecular complexity index is 597. The molecule has 0 spiro atoms. The molecule has 2 aromatic rings. The van der Waals surface area contributed by atoms with Crippen LogP contribution in [-0.4, -0.2) is 35.8 Å². The lowest BCUT2D eigenvalue weighted by atomic mass is 9.99. The molecule has 1 fully saturated rings. The molecular formula is C12H16N4O2. The summed E-state index contributed by atoms with van der Waals surface area (Å²) in [6.07, 6.45) is 0. The number of hydrogen-bond donors (Lipinski definition) is 4. The quantitative estimate of drug-likeness (QED) is 0.594. The van der Waals surface area contributed by atoms with Crippen molar-refractivity contribution < 1.29 is 4.74 Å². The molecule has 1 aromatic heterocycles. The third-order valence-corrected chi connectivity index (χ3v) is 3.31. The first-order valence-corrected chi connectivity index (χ1v) is 6.03. The van der Waals surface area contributed by atoms with E-state index in [0.717, 1.165) is 29.7 Å². The molecule has 0 bridgehead atoms. The average Bonchev–Trinajstić information content (AvgIpc) is 2.78. The maximum Gasteiger partial charge on any atom is 0.323 e. The second-order valence-corrected chi connectivity index (χ2v) is 4.55. The van der Waals surface area contributed by atoms with Crippen molar-refractivity contribution in [2.24, 2.45) is 5.73 Å². The maximum absolute atomic E-state index is 11.2. The number of nitrogens with one attached hydrogen (secondary N) is 3. The zero-order valence-electron chi connectivity index (χ0n) is 9.90. The van der Waals surface area contributed by atoms with Crippen LogP contribution in [0.25, 0.3) is 11.0 Å². The topological polar surface area (TPSA) is 95.9 Å². The molecule has 2 heterocycles. The molecule has 1 saturated heterocycles. The Kier molecular flexibility index (Phi) is 2.91. The van der Waals surface area contributed by atoms with Crippen molar-refractivity contribution in [2.45, 2.75) is 12.1 Å². The highest BCUT2D eigenvalue weighted by molar-refractivity contribution is 5.75. The van der Waals surface area contributed by atoms with Crippen molar-refractivity contribution in [2.75, 3.05) is 19.8 Å². The van der Waals surface area contributed by atoms with E-state index in [9.17, 15) is 4.79 Å². The van der Waals surface area contributed by atoms with Crippen LogP contribution in [-0.2, 0) is 4.74 Å². The summed E-state index contributed by atoms with van der Waals surface area (Å²) in [4.78, 5) is 16.6. The van der Waals surface area contributed by atoms with Crippen molar-refractivity contribution in [1.29, 1.82) is 0 Å². The Morgan fingerprint density at radius 1 is 1.33 bits per heavy atom. The van der Waals surface area contributed by atoms with Gasteiger partial charge in [0.15, 0.2) is 0 Å². The number of morpholine rings is 1.